The van der Waals surface area contributed by atoms with Gasteiger partial charge >= 0.3 is 0 Å². The number of imide groups is 1. The number of rotatable bonds is 9. The Morgan fingerprint density at radius 3 is 2.25 bits per heavy atom. The topological polar surface area (TPSA) is 49.9 Å². The first-order chi connectivity index (χ1) is 13.5. The van der Waals surface area contributed by atoms with Crippen LogP contribution in [0.4, 0.5) is 0 Å². The van der Waals surface area contributed by atoms with Crippen LogP contribution in [-0.4, -0.2) is 47.4 Å². The van der Waals surface area contributed by atoms with Crippen LogP contribution in [0.3, 0.4) is 0 Å². The summed E-state index contributed by atoms with van der Waals surface area (Å²) >= 11 is 0. The minimum Gasteiger partial charge on any atom is -0.491 e. The third kappa shape index (κ3) is 4.40. The minimum atomic E-state index is -0.152. The van der Waals surface area contributed by atoms with Gasteiger partial charge in [0.1, 0.15) is 11.4 Å². The maximum absolute atomic E-state index is 13.2. The molecule has 0 spiro atoms. The van der Waals surface area contributed by atoms with E-state index in [-0.39, 0.29) is 17.9 Å². The average Bonchev–Trinajstić information content (AvgIpc) is 3.27. The number of hydrogen-bond donors (Lipinski definition) is 0. The quantitative estimate of drug-likeness (QED) is 0.472. The van der Waals surface area contributed by atoms with Crippen molar-refractivity contribution in [3.05, 3.63) is 35.5 Å². The lowest BCUT2D eigenvalue weighted by Gasteiger charge is -2.20. The van der Waals surface area contributed by atoms with Gasteiger partial charge < -0.3 is 9.64 Å². The summed E-state index contributed by atoms with van der Waals surface area (Å²) in [6.45, 7) is 8.32. The zero-order valence-electron chi connectivity index (χ0n) is 17.4. The first-order valence-electron chi connectivity index (χ1n) is 10.7. The predicted octanol–water partition coefficient (Wildman–Crippen LogP) is 4.23. The number of ether oxygens (including phenoxy) is 1. The summed E-state index contributed by atoms with van der Waals surface area (Å²) in [6, 6.07) is 7.56. The molecule has 0 aliphatic carbocycles. The lowest BCUT2D eigenvalue weighted by Crippen LogP contribution is -2.35. The van der Waals surface area contributed by atoms with Crippen molar-refractivity contribution in [1.82, 2.24) is 9.80 Å². The smallest absolute Gasteiger partial charge is 0.277 e. The molecule has 152 valence electrons. The van der Waals surface area contributed by atoms with E-state index in [9.17, 15) is 9.59 Å². The van der Waals surface area contributed by atoms with Crippen molar-refractivity contribution >= 4 is 17.4 Å². The van der Waals surface area contributed by atoms with Gasteiger partial charge in [0, 0.05) is 19.6 Å². The maximum atomic E-state index is 13.2. The zero-order chi connectivity index (χ0) is 20.1. The Kier molecular flexibility index (Phi) is 6.76. The number of carbonyl (C=O) groups excluding carboxylic acids is 2. The molecule has 0 radical (unpaired) electrons. The molecule has 2 aliphatic heterocycles. The number of likely N-dealkylation sites (tertiary alicyclic amines) is 1. The number of nitrogens with zero attached hydrogens (tertiary/aromatic N) is 2. The Bertz CT molecular complexity index is 731. The second-order valence-electron chi connectivity index (χ2n) is 7.93. The summed E-state index contributed by atoms with van der Waals surface area (Å²) in [4.78, 5) is 29.9. The Hall–Kier alpha value is -2.30. The Morgan fingerprint density at radius 2 is 1.64 bits per heavy atom. The first-order valence-corrected chi connectivity index (χ1v) is 10.7. The molecule has 1 fully saturated rings. The molecule has 1 saturated heterocycles. The van der Waals surface area contributed by atoms with Crippen molar-refractivity contribution in [2.45, 2.75) is 65.4 Å². The number of carbonyl (C=O) groups is 2. The fourth-order valence-corrected chi connectivity index (χ4v) is 3.93. The van der Waals surface area contributed by atoms with Gasteiger partial charge in [-0.15, -0.1) is 0 Å². The van der Waals surface area contributed by atoms with E-state index in [1.807, 2.05) is 38.1 Å². The molecule has 0 unspecified atom stereocenters. The monoisotopic (exact) mass is 384 g/mol. The van der Waals surface area contributed by atoms with Gasteiger partial charge in [0.25, 0.3) is 11.8 Å². The second kappa shape index (κ2) is 9.26. The van der Waals surface area contributed by atoms with Crippen molar-refractivity contribution in [2.75, 3.05) is 19.6 Å². The molecule has 2 aliphatic rings. The minimum absolute atomic E-state index is 0.0959. The average molecular weight is 385 g/mol. The van der Waals surface area contributed by atoms with Crippen molar-refractivity contribution in [2.24, 2.45) is 0 Å². The molecule has 1 aromatic carbocycles. The van der Waals surface area contributed by atoms with Gasteiger partial charge in [-0.3, -0.25) is 14.5 Å². The van der Waals surface area contributed by atoms with Gasteiger partial charge in [0.05, 0.1) is 11.7 Å². The van der Waals surface area contributed by atoms with E-state index in [4.69, 9.17) is 4.74 Å². The van der Waals surface area contributed by atoms with Gasteiger partial charge in [-0.25, -0.2) is 0 Å². The van der Waals surface area contributed by atoms with Crippen molar-refractivity contribution < 1.29 is 14.3 Å². The maximum Gasteiger partial charge on any atom is 0.277 e. The van der Waals surface area contributed by atoms with Crippen LogP contribution in [0.15, 0.2) is 30.0 Å². The third-order valence-corrected chi connectivity index (χ3v) is 5.32. The molecular formula is C23H32N2O3. The highest BCUT2D eigenvalue weighted by Gasteiger charge is 2.41. The highest BCUT2D eigenvalue weighted by atomic mass is 16.5. The second-order valence-corrected chi connectivity index (χ2v) is 7.93. The SMILES string of the molecule is CCCCCCN1C(=O)C(c2ccc(OC(C)C)cc2)=C(N2CCCC2)C1=O. The van der Waals surface area contributed by atoms with E-state index in [2.05, 4.69) is 11.8 Å². The van der Waals surface area contributed by atoms with Crippen LogP contribution in [0.2, 0.25) is 0 Å². The van der Waals surface area contributed by atoms with E-state index in [0.717, 1.165) is 62.9 Å². The molecule has 3 rings (SSSR count). The number of benzene rings is 1. The Morgan fingerprint density at radius 1 is 0.964 bits per heavy atom. The van der Waals surface area contributed by atoms with E-state index in [0.29, 0.717) is 17.8 Å². The van der Waals surface area contributed by atoms with E-state index in [1.54, 1.807) is 0 Å². The van der Waals surface area contributed by atoms with Crippen molar-refractivity contribution in [1.29, 1.82) is 0 Å². The molecular weight excluding hydrogens is 352 g/mol. The van der Waals surface area contributed by atoms with Gasteiger partial charge in [0.15, 0.2) is 0 Å². The molecule has 0 atom stereocenters. The highest BCUT2D eigenvalue weighted by Crippen LogP contribution is 2.34. The summed E-state index contributed by atoms with van der Waals surface area (Å²) in [5, 5.41) is 0. The lowest BCUT2D eigenvalue weighted by molar-refractivity contribution is -0.137. The molecule has 5 heteroatoms. The molecule has 0 bridgehead atoms. The first kappa shape index (κ1) is 20.4. The van der Waals surface area contributed by atoms with Crippen molar-refractivity contribution in [3.8, 4) is 5.75 Å². The van der Waals surface area contributed by atoms with Crippen LogP contribution < -0.4 is 4.74 Å². The summed E-state index contributed by atoms with van der Waals surface area (Å²) in [6.07, 6.45) is 6.41. The van der Waals surface area contributed by atoms with Crippen molar-refractivity contribution in [3.63, 3.8) is 0 Å². The van der Waals surface area contributed by atoms with Crippen LogP contribution in [-0.2, 0) is 9.59 Å². The largest absolute Gasteiger partial charge is 0.491 e. The normalized spacial score (nSPS) is 17.4. The predicted molar refractivity (Wildman–Crippen MR) is 111 cm³/mol. The Labute approximate surface area is 168 Å². The molecule has 1 aromatic rings. The lowest BCUT2D eigenvalue weighted by atomic mass is 10.0. The summed E-state index contributed by atoms with van der Waals surface area (Å²) in [5.41, 5.74) is 1.95. The summed E-state index contributed by atoms with van der Waals surface area (Å²) < 4.78 is 5.71. The fourth-order valence-electron chi connectivity index (χ4n) is 3.93. The molecule has 0 aromatic heterocycles. The van der Waals surface area contributed by atoms with Gasteiger partial charge in [-0.1, -0.05) is 38.3 Å². The van der Waals surface area contributed by atoms with Crippen LogP contribution in [0.25, 0.3) is 5.57 Å². The standard InChI is InChI=1S/C23H32N2O3/c1-4-5-6-7-16-25-22(26)20(21(23(25)27)24-14-8-9-15-24)18-10-12-19(13-11-18)28-17(2)3/h10-13,17H,4-9,14-16H2,1-3H3. The summed E-state index contributed by atoms with van der Waals surface area (Å²) in [5.74, 6) is 0.497. The number of unbranched alkanes of at least 4 members (excludes halogenated alkanes) is 3. The van der Waals surface area contributed by atoms with E-state index >= 15 is 0 Å². The third-order valence-electron chi connectivity index (χ3n) is 5.32. The number of hydrogen-bond acceptors (Lipinski definition) is 4. The van der Waals surface area contributed by atoms with E-state index in [1.165, 1.54) is 4.90 Å². The Balaban J connectivity index is 1.87. The molecule has 0 N–H and O–H groups in total. The van der Waals surface area contributed by atoms with Gasteiger partial charge in [-0.05, 0) is 50.8 Å². The van der Waals surface area contributed by atoms with Crippen LogP contribution in [0.1, 0.15) is 64.9 Å². The van der Waals surface area contributed by atoms with Crippen LogP contribution >= 0.6 is 0 Å². The molecule has 2 heterocycles. The molecule has 2 amide bonds. The zero-order valence-corrected chi connectivity index (χ0v) is 17.4. The van der Waals surface area contributed by atoms with Crippen LogP contribution in [0.5, 0.6) is 5.75 Å². The van der Waals surface area contributed by atoms with E-state index < -0.39 is 0 Å². The molecule has 0 saturated carbocycles. The van der Waals surface area contributed by atoms with Crippen LogP contribution in [0, 0.1) is 0 Å². The fraction of sp³-hybridized carbons (Fsp3) is 0.565. The van der Waals surface area contributed by atoms with Gasteiger partial charge in [0.2, 0.25) is 0 Å². The summed E-state index contributed by atoms with van der Waals surface area (Å²) in [7, 11) is 0. The molecule has 5 nitrogen and oxygen atoms in total. The van der Waals surface area contributed by atoms with Gasteiger partial charge in [-0.2, -0.15) is 0 Å². The molecule has 28 heavy (non-hydrogen) atoms. The number of amides is 2. The highest BCUT2D eigenvalue weighted by molar-refractivity contribution is 6.35.